The van der Waals surface area contributed by atoms with Crippen molar-refractivity contribution < 1.29 is 14.0 Å². The summed E-state index contributed by atoms with van der Waals surface area (Å²) in [6.07, 6.45) is 3.60. The van der Waals surface area contributed by atoms with E-state index in [-0.39, 0.29) is 17.7 Å². The summed E-state index contributed by atoms with van der Waals surface area (Å²) in [7, 11) is 0. The van der Waals surface area contributed by atoms with Crippen molar-refractivity contribution in [2.75, 3.05) is 19.6 Å². The van der Waals surface area contributed by atoms with Crippen LogP contribution in [0.4, 0.5) is 0 Å². The topological polar surface area (TPSA) is 88.3 Å². The van der Waals surface area contributed by atoms with Gasteiger partial charge in [0.15, 0.2) is 17.8 Å². The highest BCUT2D eigenvalue weighted by atomic mass is 32.1. The molecule has 1 aliphatic rings. The third kappa shape index (κ3) is 5.23. The van der Waals surface area contributed by atoms with E-state index in [0.29, 0.717) is 36.7 Å². The van der Waals surface area contributed by atoms with E-state index in [1.165, 1.54) is 11.3 Å². The molecule has 1 N–H and O–H groups in total. The van der Waals surface area contributed by atoms with Gasteiger partial charge in [-0.25, -0.2) is 4.98 Å². The molecule has 0 bridgehead atoms. The van der Waals surface area contributed by atoms with E-state index >= 15 is 0 Å². The van der Waals surface area contributed by atoms with Crippen molar-refractivity contribution in [2.45, 2.75) is 32.1 Å². The molecule has 2 amide bonds. The average Bonchev–Trinajstić information content (AvgIpc) is 3.61. The summed E-state index contributed by atoms with van der Waals surface area (Å²) in [6.45, 7) is 3.66. The molecule has 0 atom stereocenters. The number of pyridine rings is 1. The zero-order valence-corrected chi connectivity index (χ0v) is 21.0. The molecule has 3 aromatic heterocycles. The first kappa shape index (κ1) is 23.9. The summed E-state index contributed by atoms with van der Waals surface area (Å²) in [5.41, 5.74) is 3.49. The van der Waals surface area contributed by atoms with Crippen LogP contribution in [-0.2, 0) is 6.42 Å². The van der Waals surface area contributed by atoms with Crippen molar-refractivity contribution in [1.29, 1.82) is 0 Å². The first-order valence-electron chi connectivity index (χ1n) is 12.2. The number of aryl methyl sites for hydroxylation is 1. The van der Waals surface area contributed by atoms with E-state index < -0.39 is 0 Å². The number of oxazole rings is 1. The number of aromatic nitrogens is 2. The lowest BCUT2D eigenvalue weighted by Crippen LogP contribution is -2.39. The van der Waals surface area contributed by atoms with Crippen LogP contribution in [0.2, 0.25) is 0 Å². The zero-order chi connectivity index (χ0) is 24.9. The number of rotatable bonds is 7. The molecule has 0 spiro atoms. The zero-order valence-electron chi connectivity index (χ0n) is 20.1. The van der Waals surface area contributed by atoms with Gasteiger partial charge in [0.25, 0.3) is 11.8 Å². The normalized spacial score (nSPS) is 14.1. The van der Waals surface area contributed by atoms with Crippen molar-refractivity contribution in [3.63, 3.8) is 0 Å². The number of benzene rings is 1. The molecular formula is C28H28N4O3S. The Morgan fingerprint density at radius 2 is 1.89 bits per heavy atom. The van der Waals surface area contributed by atoms with Crippen LogP contribution >= 0.6 is 11.3 Å². The maximum atomic E-state index is 13.3. The third-order valence-electron chi connectivity index (χ3n) is 6.52. The van der Waals surface area contributed by atoms with Gasteiger partial charge in [-0.2, -0.15) is 0 Å². The highest BCUT2D eigenvalue weighted by Gasteiger charge is 2.30. The molecule has 5 rings (SSSR count). The Morgan fingerprint density at radius 1 is 1.08 bits per heavy atom. The molecule has 8 heteroatoms. The number of piperidine rings is 1. The second kappa shape index (κ2) is 10.9. The van der Waals surface area contributed by atoms with Gasteiger partial charge in [0, 0.05) is 41.7 Å². The van der Waals surface area contributed by atoms with Crippen LogP contribution in [0.3, 0.4) is 0 Å². The summed E-state index contributed by atoms with van der Waals surface area (Å²) < 4.78 is 5.55. The van der Waals surface area contributed by atoms with Gasteiger partial charge in [0.05, 0.1) is 11.3 Å². The molecular weight excluding hydrogens is 472 g/mol. The first-order chi connectivity index (χ1) is 17.6. The van der Waals surface area contributed by atoms with Gasteiger partial charge in [0.2, 0.25) is 0 Å². The number of carbonyl (C=O) groups is 2. The van der Waals surface area contributed by atoms with E-state index in [2.05, 4.69) is 16.4 Å². The predicted molar refractivity (Wildman–Crippen MR) is 139 cm³/mol. The summed E-state index contributed by atoms with van der Waals surface area (Å²) in [6, 6.07) is 17.4. The smallest absolute Gasteiger partial charge is 0.276 e. The number of likely N-dealkylation sites (tertiary alicyclic amines) is 1. The van der Waals surface area contributed by atoms with E-state index in [4.69, 9.17) is 9.40 Å². The molecule has 184 valence electrons. The lowest BCUT2D eigenvalue weighted by Gasteiger charge is -2.32. The third-order valence-corrected chi connectivity index (χ3v) is 7.46. The molecule has 0 unspecified atom stereocenters. The maximum absolute atomic E-state index is 13.3. The van der Waals surface area contributed by atoms with Gasteiger partial charge >= 0.3 is 0 Å². The Labute approximate surface area is 214 Å². The molecule has 0 saturated carbocycles. The van der Waals surface area contributed by atoms with Crippen LogP contribution in [0.5, 0.6) is 0 Å². The molecule has 36 heavy (non-hydrogen) atoms. The molecule has 4 aromatic rings. The van der Waals surface area contributed by atoms with Gasteiger partial charge < -0.3 is 14.6 Å². The number of hydrogen-bond donors (Lipinski definition) is 1. The summed E-state index contributed by atoms with van der Waals surface area (Å²) in [5, 5.41) is 5.09. The number of nitrogens with one attached hydrogen (secondary N) is 1. The van der Waals surface area contributed by atoms with Gasteiger partial charge in [0.1, 0.15) is 0 Å². The fourth-order valence-electron chi connectivity index (χ4n) is 4.63. The van der Waals surface area contributed by atoms with Crippen LogP contribution in [0.25, 0.3) is 11.3 Å². The highest BCUT2D eigenvalue weighted by Crippen LogP contribution is 2.31. The van der Waals surface area contributed by atoms with Crippen LogP contribution in [0.1, 0.15) is 55.9 Å². The Balaban J connectivity index is 1.25. The molecule has 4 heterocycles. The molecule has 1 fully saturated rings. The van der Waals surface area contributed by atoms with Crippen molar-refractivity contribution in [3.05, 3.63) is 93.9 Å². The van der Waals surface area contributed by atoms with E-state index in [1.54, 1.807) is 11.3 Å². The molecule has 0 radical (unpaired) electrons. The number of carbonyl (C=O) groups excluding carboxylic acids is 2. The van der Waals surface area contributed by atoms with Crippen LogP contribution in [-0.4, -0.2) is 46.3 Å². The summed E-state index contributed by atoms with van der Waals surface area (Å²) in [4.78, 5) is 38.3. The monoisotopic (exact) mass is 500 g/mol. The minimum absolute atomic E-state index is 0.0948. The fourth-order valence-corrected chi connectivity index (χ4v) is 5.34. The molecule has 1 aliphatic heterocycles. The Hall–Kier alpha value is -3.78. The summed E-state index contributed by atoms with van der Waals surface area (Å²) in [5.74, 6) is 0.370. The van der Waals surface area contributed by atoms with E-state index in [1.807, 2.05) is 65.7 Å². The summed E-state index contributed by atoms with van der Waals surface area (Å²) >= 11 is 1.69. The van der Waals surface area contributed by atoms with Crippen LogP contribution in [0, 0.1) is 6.92 Å². The van der Waals surface area contributed by atoms with E-state index in [0.717, 1.165) is 36.2 Å². The van der Waals surface area contributed by atoms with Crippen molar-refractivity contribution in [1.82, 2.24) is 20.2 Å². The average molecular weight is 501 g/mol. The Bertz CT molecular complexity index is 1330. The number of nitrogens with zero attached hydrogens (tertiary/aromatic N) is 3. The van der Waals surface area contributed by atoms with Crippen LogP contribution < -0.4 is 5.32 Å². The minimum Gasteiger partial charge on any atom is -0.443 e. The largest absolute Gasteiger partial charge is 0.443 e. The second-order valence-corrected chi connectivity index (χ2v) is 9.97. The van der Waals surface area contributed by atoms with Gasteiger partial charge in [-0.3, -0.25) is 14.6 Å². The molecule has 7 nitrogen and oxygen atoms in total. The minimum atomic E-state index is -0.134. The fraction of sp³-hybridized carbons (Fsp3) is 0.286. The quantitative estimate of drug-likeness (QED) is 0.381. The Morgan fingerprint density at radius 3 is 2.64 bits per heavy atom. The van der Waals surface area contributed by atoms with Gasteiger partial charge in [-0.1, -0.05) is 36.4 Å². The number of amides is 2. The standard InChI is InChI=1S/C28H28N4O3S/c1-19-9-10-23(27(33)29-14-11-22-8-5-17-36-22)24(31-19)20-12-15-32(16-13-20)28(34)25-26(35-18-30-25)21-6-3-2-4-7-21/h2-10,17-18,20H,11-16H2,1H3,(H,29,33). The Kier molecular flexibility index (Phi) is 7.23. The van der Waals surface area contributed by atoms with Crippen LogP contribution in [0.15, 0.2) is 70.8 Å². The number of thiophene rings is 1. The molecule has 1 aromatic carbocycles. The lowest BCUT2D eigenvalue weighted by atomic mass is 9.89. The van der Waals surface area contributed by atoms with E-state index in [9.17, 15) is 9.59 Å². The maximum Gasteiger partial charge on any atom is 0.276 e. The molecule has 0 aliphatic carbocycles. The number of hydrogen-bond acceptors (Lipinski definition) is 6. The lowest BCUT2D eigenvalue weighted by molar-refractivity contribution is 0.0705. The van der Waals surface area contributed by atoms with Gasteiger partial charge in [-0.05, 0) is 49.8 Å². The molecule has 1 saturated heterocycles. The highest BCUT2D eigenvalue weighted by molar-refractivity contribution is 7.09. The second-order valence-electron chi connectivity index (χ2n) is 8.93. The van der Waals surface area contributed by atoms with Crippen molar-refractivity contribution >= 4 is 23.2 Å². The predicted octanol–water partition coefficient (Wildman–Crippen LogP) is 5.10. The van der Waals surface area contributed by atoms with Crippen molar-refractivity contribution in [3.8, 4) is 11.3 Å². The van der Waals surface area contributed by atoms with Gasteiger partial charge in [-0.15, -0.1) is 11.3 Å². The SMILES string of the molecule is Cc1ccc(C(=O)NCCc2cccs2)c(C2CCN(C(=O)c3ncoc3-c3ccccc3)CC2)n1. The van der Waals surface area contributed by atoms with Crippen molar-refractivity contribution in [2.24, 2.45) is 0 Å². The first-order valence-corrected chi connectivity index (χ1v) is 13.0.